The molecule has 2 saturated heterocycles. The Morgan fingerprint density at radius 3 is 2.57 bits per heavy atom. The highest BCUT2D eigenvalue weighted by atomic mass is 35.5. The standard InChI is InChI=1S/C15H18Cl2N2O3S/c1-9-6-12(16)13(17)7-14(9)23(21,22)19-8-11-4-3-5-18(11)15(20)10(19)2/h6-7,10-11H,3-5,8H2,1-2H3/t10-,11-/m0/s1. The maximum atomic E-state index is 13.1. The van der Waals surface area contributed by atoms with Gasteiger partial charge in [0.2, 0.25) is 15.9 Å². The number of carbonyl (C=O) groups is 1. The van der Waals surface area contributed by atoms with Crippen molar-refractivity contribution in [2.75, 3.05) is 13.1 Å². The van der Waals surface area contributed by atoms with Crippen molar-refractivity contribution in [3.05, 3.63) is 27.7 Å². The fraction of sp³-hybridized carbons (Fsp3) is 0.533. The highest BCUT2D eigenvalue weighted by molar-refractivity contribution is 7.89. The Morgan fingerprint density at radius 2 is 1.87 bits per heavy atom. The summed E-state index contributed by atoms with van der Waals surface area (Å²) in [6, 6.07) is 2.17. The Morgan fingerprint density at radius 1 is 1.22 bits per heavy atom. The van der Waals surface area contributed by atoms with Gasteiger partial charge in [-0.3, -0.25) is 4.79 Å². The minimum Gasteiger partial charge on any atom is -0.337 e. The van der Waals surface area contributed by atoms with E-state index < -0.39 is 16.1 Å². The van der Waals surface area contributed by atoms with Crippen LogP contribution in [0.25, 0.3) is 0 Å². The number of hydrogen-bond donors (Lipinski definition) is 0. The molecule has 1 amide bonds. The van der Waals surface area contributed by atoms with Crippen molar-refractivity contribution in [2.45, 2.75) is 43.7 Å². The van der Waals surface area contributed by atoms with Gasteiger partial charge in [0.05, 0.1) is 14.9 Å². The predicted octanol–water partition coefficient (Wildman–Crippen LogP) is 2.69. The van der Waals surface area contributed by atoms with Crippen LogP contribution in [0.4, 0.5) is 0 Å². The molecule has 0 aliphatic carbocycles. The number of sulfonamides is 1. The molecule has 5 nitrogen and oxygen atoms in total. The number of nitrogens with zero attached hydrogens (tertiary/aromatic N) is 2. The molecular formula is C15H18Cl2N2O3S. The summed E-state index contributed by atoms with van der Waals surface area (Å²) in [6.45, 7) is 4.36. The fourth-order valence-corrected chi connectivity index (χ4v) is 5.69. The van der Waals surface area contributed by atoms with E-state index in [1.807, 2.05) is 0 Å². The second-order valence-corrected chi connectivity index (χ2v) is 8.78. The van der Waals surface area contributed by atoms with Crippen LogP contribution in [0.2, 0.25) is 10.0 Å². The van der Waals surface area contributed by atoms with Gasteiger partial charge in [-0.1, -0.05) is 23.2 Å². The van der Waals surface area contributed by atoms with Crippen molar-refractivity contribution < 1.29 is 13.2 Å². The van der Waals surface area contributed by atoms with Crippen molar-refractivity contribution in [3.63, 3.8) is 0 Å². The second kappa shape index (κ2) is 5.92. The van der Waals surface area contributed by atoms with E-state index in [1.165, 1.54) is 16.4 Å². The Hall–Kier alpha value is -0.820. The highest BCUT2D eigenvalue weighted by Crippen LogP contribution is 2.33. The second-order valence-electron chi connectivity index (χ2n) is 6.11. The van der Waals surface area contributed by atoms with Crippen molar-refractivity contribution in [2.24, 2.45) is 0 Å². The van der Waals surface area contributed by atoms with Crippen LogP contribution in [0.1, 0.15) is 25.3 Å². The van der Waals surface area contributed by atoms with Crippen LogP contribution < -0.4 is 0 Å². The molecule has 0 radical (unpaired) electrons. The normalized spacial score (nSPS) is 25.7. The molecule has 0 unspecified atom stereocenters. The zero-order chi connectivity index (χ0) is 16.9. The third-order valence-corrected chi connectivity index (χ3v) is 7.45. The molecule has 2 aliphatic rings. The van der Waals surface area contributed by atoms with E-state index in [9.17, 15) is 13.2 Å². The van der Waals surface area contributed by atoms with Gasteiger partial charge in [0.15, 0.2) is 0 Å². The van der Waals surface area contributed by atoms with Crippen molar-refractivity contribution in [1.29, 1.82) is 0 Å². The molecular weight excluding hydrogens is 359 g/mol. The number of aryl methyl sites for hydroxylation is 1. The lowest BCUT2D eigenvalue weighted by atomic mass is 10.1. The maximum absolute atomic E-state index is 13.1. The average molecular weight is 377 g/mol. The first-order valence-electron chi connectivity index (χ1n) is 7.51. The van der Waals surface area contributed by atoms with Crippen LogP contribution in [-0.4, -0.2) is 48.7 Å². The van der Waals surface area contributed by atoms with Gasteiger partial charge in [0.25, 0.3) is 0 Å². The molecule has 8 heteroatoms. The summed E-state index contributed by atoms with van der Waals surface area (Å²) in [7, 11) is -3.81. The molecule has 23 heavy (non-hydrogen) atoms. The molecule has 2 aliphatic heterocycles. The average Bonchev–Trinajstić information content (AvgIpc) is 2.95. The van der Waals surface area contributed by atoms with E-state index >= 15 is 0 Å². The van der Waals surface area contributed by atoms with Gasteiger partial charge in [0.1, 0.15) is 6.04 Å². The summed E-state index contributed by atoms with van der Waals surface area (Å²) in [5.41, 5.74) is 0.521. The third-order valence-electron chi connectivity index (χ3n) is 4.64. The first-order valence-corrected chi connectivity index (χ1v) is 9.71. The minimum absolute atomic E-state index is 0.0310. The number of amides is 1. The van der Waals surface area contributed by atoms with Gasteiger partial charge >= 0.3 is 0 Å². The lowest BCUT2D eigenvalue weighted by molar-refractivity contribution is -0.139. The number of piperazine rings is 1. The summed E-state index contributed by atoms with van der Waals surface area (Å²) >= 11 is 11.9. The molecule has 1 aromatic carbocycles. The Bertz CT molecular complexity index is 766. The molecule has 0 spiro atoms. The zero-order valence-corrected chi connectivity index (χ0v) is 15.2. The molecule has 2 heterocycles. The number of hydrogen-bond acceptors (Lipinski definition) is 3. The van der Waals surface area contributed by atoms with E-state index in [0.717, 1.165) is 12.8 Å². The van der Waals surface area contributed by atoms with Crippen LogP contribution >= 0.6 is 23.2 Å². The summed E-state index contributed by atoms with van der Waals surface area (Å²) in [6.07, 6.45) is 1.76. The number of rotatable bonds is 2. The lowest BCUT2D eigenvalue weighted by Crippen LogP contribution is -2.59. The molecule has 126 valence electrons. The molecule has 2 atom stereocenters. The summed E-state index contributed by atoms with van der Waals surface area (Å²) < 4.78 is 27.4. The molecule has 0 aromatic heterocycles. The van der Waals surface area contributed by atoms with Gasteiger partial charge in [-0.15, -0.1) is 0 Å². The smallest absolute Gasteiger partial charge is 0.244 e. The molecule has 3 rings (SSSR count). The molecule has 0 N–H and O–H groups in total. The van der Waals surface area contributed by atoms with Crippen molar-refractivity contribution >= 4 is 39.1 Å². The van der Waals surface area contributed by atoms with Crippen molar-refractivity contribution in [1.82, 2.24) is 9.21 Å². The van der Waals surface area contributed by atoms with Crippen LogP contribution in [-0.2, 0) is 14.8 Å². The maximum Gasteiger partial charge on any atom is 0.244 e. The van der Waals surface area contributed by atoms with Crippen LogP contribution in [0.15, 0.2) is 17.0 Å². The van der Waals surface area contributed by atoms with Gasteiger partial charge in [-0.2, -0.15) is 4.31 Å². The zero-order valence-electron chi connectivity index (χ0n) is 12.9. The Kier molecular flexibility index (Phi) is 4.38. The lowest BCUT2D eigenvalue weighted by Gasteiger charge is -2.40. The van der Waals surface area contributed by atoms with Gasteiger partial charge < -0.3 is 4.90 Å². The van der Waals surface area contributed by atoms with Gasteiger partial charge in [-0.05, 0) is 44.4 Å². The topological polar surface area (TPSA) is 57.7 Å². The van der Waals surface area contributed by atoms with Crippen LogP contribution in [0, 0.1) is 6.92 Å². The van der Waals surface area contributed by atoms with Crippen LogP contribution in [0.5, 0.6) is 0 Å². The van der Waals surface area contributed by atoms with Crippen LogP contribution in [0.3, 0.4) is 0 Å². The highest BCUT2D eigenvalue weighted by Gasteiger charge is 2.45. The summed E-state index contributed by atoms with van der Waals surface area (Å²) in [5.74, 6) is -0.125. The SMILES string of the molecule is Cc1cc(Cl)c(Cl)cc1S(=O)(=O)N1C[C@@H]2CCCN2C(=O)[C@@H]1C. The van der Waals surface area contributed by atoms with E-state index in [1.54, 1.807) is 18.7 Å². The molecule has 0 saturated carbocycles. The van der Waals surface area contributed by atoms with E-state index in [4.69, 9.17) is 23.2 Å². The number of fused-ring (bicyclic) bond motifs is 1. The number of halogens is 2. The van der Waals surface area contributed by atoms with E-state index in [2.05, 4.69) is 0 Å². The first-order chi connectivity index (χ1) is 10.7. The molecule has 1 aromatic rings. The van der Waals surface area contributed by atoms with Gasteiger partial charge in [0, 0.05) is 19.1 Å². The van der Waals surface area contributed by atoms with E-state index in [-0.39, 0.29) is 21.9 Å². The minimum atomic E-state index is -3.81. The quantitative estimate of drug-likeness (QED) is 0.796. The van der Waals surface area contributed by atoms with E-state index in [0.29, 0.717) is 23.7 Å². The third kappa shape index (κ3) is 2.76. The molecule has 0 bridgehead atoms. The summed E-state index contributed by atoms with van der Waals surface area (Å²) in [4.78, 5) is 14.4. The number of benzene rings is 1. The fourth-order valence-electron chi connectivity index (χ4n) is 3.38. The first kappa shape index (κ1) is 17.0. The summed E-state index contributed by atoms with van der Waals surface area (Å²) in [5, 5.41) is 0.502. The van der Waals surface area contributed by atoms with Gasteiger partial charge in [-0.25, -0.2) is 8.42 Å². The predicted molar refractivity (Wildman–Crippen MR) is 89.3 cm³/mol. The largest absolute Gasteiger partial charge is 0.337 e. The Labute approximate surface area is 146 Å². The molecule has 2 fully saturated rings. The number of carbonyl (C=O) groups excluding carboxylic acids is 1. The monoisotopic (exact) mass is 376 g/mol. The Balaban J connectivity index is 2.02. The van der Waals surface area contributed by atoms with Crippen molar-refractivity contribution in [3.8, 4) is 0 Å².